The molecule has 1 amide bonds. The van der Waals surface area contributed by atoms with E-state index in [4.69, 9.17) is 0 Å². The molecule has 0 aliphatic carbocycles. The van der Waals surface area contributed by atoms with Gasteiger partial charge in [-0.3, -0.25) is 9.59 Å². The lowest BCUT2D eigenvalue weighted by Crippen LogP contribution is -2.30. The molecule has 0 aromatic carbocycles. The van der Waals surface area contributed by atoms with Gasteiger partial charge in [-0.1, -0.05) is 0 Å². The van der Waals surface area contributed by atoms with E-state index >= 15 is 0 Å². The Morgan fingerprint density at radius 2 is 2.19 bits per heavy atom. The number of carbonyl (C=O) groups excluding carboxylic acids is 1. The van der Waals surface area contributed by atoms with Gasteiger partial charge in [-0.2, -0.15) is 0 Å². The fourth-order valence-electron chi connectivity index (χ4n) is 1.47. The Morgan fingerprint density at radius 1 is 1.50 bits per heavy atom. The van der Waals surface area contributed by atoms with Crippen LogP contribution < -0.4 is 10.9 Å². The fourth-order valence-corrected chi connectivity index (χ4v) is 1.47. The number of aromatic amines is 1. The van der Waals surface area contributed by atoms with Crippen LogP contribution >= 0.6 is 0 Å². The summed E-state index contributed by atoms with van der Waals surface area (Å²) in [5, 5.41) is 2.62. The number of methoxy groups -OCH3 is 1. The molecule has 0 fully saturated rings. The van der Waals surface area contributed by atoms with Crippen LogP contribution in [0.15, 0.2) is 10.9 Å². The van der Waals surface area contributed by atoms with Crippen LogP contribution in [-0.2, 0) is 16.1 Å². The van der Waals surface area contributed by atoms with Crippen molar-refractivity contribution in [1.29, 1.82) is 0 Å². The summed E-state index contributed by atoms with van der Waals surface area (Å²) in [6.45, 7) is 3.90. The third-order valence-electron chi connectivity index (χ3n) is 2.23. The number of rotatable bonds is 4. The zero-order valence-electron chi connectivity index (χ0n) is 9.72. The van der Waals surface area contributed by atoms with Gasteiger partial charge in [0.25, 0.3) is 5.56 Å². The summed E-state index contributed by atoms with van der Waals surface area (Å²) in [5.41, 5.74) is 2.11. The van der Waals surface area contributed by atoms with Crippen molar-refractivity contribution in [3.05, 3.63) is 33.2 Å². The number of aryl methyl sites for hydroxylation is 2. The van der Waals surface area contributed by atoms with Crippen LogP contribution in [0, 0.1) is 13.8 Å². The van der Waals surface area contributed by atoms with E-state index in [2.05, 4.69) is 15.0 Å². The standard InChI is InChI=1S/C11H16N2O3/c1-7-4-8(2)13-11(15)9(7)5-12-10(14)6-16-3/h4H,5-6H2,1-3H3,(H,12,14)(H,13,15). The summed E-state index contributed by atoms with van der Waals surface area (Å²) >= 11 is 0. The van der Waals surface area contributed by atoms with Crippen LogP contribution in [0.5, 0.6) is 0 Å². The number of H-pyrrole nitrogens is 1. The summed E-state index contributed by atoms with van der Waals surface area (Å²) in [7, 11) is 1.45. The van der Waals surface area contributed by atoms with Crippen molar-refractivity contribution in [1.82, 2.24) is 10.3 Å². The summed E-state index contributed by atoms with van der Waals surface area (Å²) in [4.78, 5) is 25.4. The van der Waals surface area contributed by atoms with E-state index in [0.717, 1.165) is 11.3 Å². The van der Waals surface area contributed by atoms with E-state index in [9.17, 15) is 9.59 Å². The van der Waals surface area contributed by atoms with Gasteiger partial charge >= 0.3 is 0 Å². The van der Waals surface area contributed by atoms with Gasteiger partial charge < -0.3 is 15.0 Å². The molecule has 0 atom stereocenters. The molecule has 0 radical (unpaired) electrons. The Morgan fingerprint density at radius 3 is 2.75 bits per heavy atom. The lowest BCUT2D eigenvalue weighted by molar-refractivity contribution is -0.124. The van der Waals surface area contributed by atoms with Gasteiger partial charge in [0.15, 0.2) is 0 Å². The van der Waals surface area contributed by atoms with Gasteiger partial charge in [0.2, 0.25) is 5.91 Å². The van der Waals surface area contributed by atoms with Crippen molar-refractivity contribution in [2.24, 2.45) is 0 Å². The highest BCUT2D eigenvalue weighted by Crippen LogP contribution is 2.02. The number of aromatic nitrogens is 1. The molecule has 88 valence electrons. The number of hydrogen-bond acceptors (Lipinski definition) is 3. The predicted molar refractivity (Wildman–Crippen MR) is 60.3 cm³/mol. The number of nitrogens with one attached hydrogen (secondary N) is 2. The van der Waals surface area contributed by atoms with E-state index < -0.39 is 0 Å². The largest absolute Gasteiger partial charge is 0.375 e. The minimum Gasteiger partial charge on any atom is -0.375 e. The summed E-state index contributed by atoms with van der Waals surface area (Å²) in [6.07, 6.45) is 0. The van der Waals surface area contributed by atoms with Gasteiger partial charge in [-0.15, -0.1) is 0 Å². The smallest absolute Gasteiger partial charge is 0.253 e. The van der Waals surface area contributed by atoms with Crippen molar-refractivity contribution < 1.29 is 9.53 Å². The molecule has 5 nitrogen and oxygen atoms in total. The molecule has 1 aromatic rings. The average Bonchev–Trinajstić information content (AvgIpc) is 2.16. The van der Waals surface area contributed by atoms with Crippen LogP contribution in [0.4, 0.5) is 0 Å². The third-order valence-corrected chi connectivity index (χ3v) is 2.23. The molecule has 0 saturated heterocycles. The van der Waals surface area contributed by atoms with Gasteiger partial charge in [-0.25, -0.2) is 0 Å². The summed E-state index contributed by atoms with van der Waals surface area (Å²) in [6, 6.07) is 1.87. The highest BCUT2D eigenvalue weighted by Gasteiger charge is 2.06. The molecule has 0 spiro atoms. The first-order chi connectivity index (χ1) is 7.54. The van der Waals surface area contributed by atoms with Gasteiger partial charge in [0.05, 0.1) is 0 Å². The third kappa shape index (κ3) is 3.20. The minimum absolute atomic E-state index is 0.00279. The Hall–Kier alpha value is -1.62. The molecule has 2 N–H and O–H groups in total. The number of carbonyl (C=O) groups is 1. The zero-order chi connectivity index (χ0) is 12.1. The lowest BCUT2D eigenvalue weighted by Gasteiger charge is -2.07. The topological polar surface area (TPSA) is 71.2 Å². The molecule has 0 saturated carbocycles. The Kier molecular flexibility index (Phi) is 4.25. The highest BCUT2D eigenvalue weighted by molar-refractivity contribution is 5.77. The van der Waals surface area contributed by atoms with Crippen LogP contribution in [0.25, 0.3) is 0 Å². The van der Waals surface area contributed by atoms with Crippen LogP contribution in [0.3, 0.4) is 0 Å². The first-order valence-corrected chi connectivity index (χ1v) is 4.99. The van der Waals surface area contributed by atoms with Crippen molar-refractivity contribution in [2.75, 3.05) is 13.7 Å². The Labute approximate surface area is 93.8 Å². The van der Waals surface area contributed by atoms with E-state index in [1.54, 1.807) is 0 Å². The SMILES string of the molecule is COCC(=O)NCc1c(C)cc(C)[nH]c1=O. The van der Waals surface area contributed by atoms with Crippen molar-refractivity contribution >= 4 is 5.91 Å². The number of amides is 1. The molecule has 0 bridgehead atoms. The van der Waals surface area contributed by atoms with E-state index in [-0.39, 0.29) is 24.6 Å². The molecule has 1 aromatic heterocycles. The van der Waals surface area contributed by atoms with E-state index in [0.29, 0.717) is 5.56 Å². The second kappa shape index (κ2) is 5.46. The fraction of sp³-hybridized carbons (Fsp3) is 0.455. The normalized spacial score (nSPS) is 10.2. The molecule has 5 heteroatoms. The van der Waals surface area contributed by atoms with Gasteiger partial charge in [-0.05, 0) is 25.5 Å². The highest BCUT2D eigenvalue weighted by atomic mass is 16.5. The maximum atomic E-state index is 11.6. The molecule has 0 aliphatic heterocycles. The molecule has 1 heterocycles. The van der Waals surface area contributed by atoms with Gasteiger partial charge in [0, 0.05) is 24.9 Å². The zero-order valence-corrected chi connectivity index (χ0v) is 9.72. The van der Waals surface area contributed by atoms with E-state index in [1.807, 2.05) is 19.9 Å². The monoisotopic (exact) mass is 224 g/mol. The number of ether oxygens (including phenoxy) is 1. The second-order valence-corrected chi connectivity index (χ2v) is 3.65. The first kappa shape index (κ1) is 12.4. The molecule has 0 unspecified atom stereocenters. The molecule has 1 rings (SSSR count). The molecule has 16 heavy (non-hydrogen) atoms. The number of hydrogen-bond donors (Lipinski definition) is 2. The maximum absolute atomic E-state index is 11.6. The lowest BCUT2D eigenvalue weighted by atomic mass is 10.1. The van der Waals surface area contributed by atoms with Gasteiger partial charge in [0.1, 0.15) is 6.61 Å². The number of pyridine rings is 1. The maximum Gasteiger partial charge on any atom is 0.253 e. The predicted octanol–water partition coefficient (Wildman–Crippen LogP) is 0.254. The minimum atomic E-state index is -0.234. The Bertz CT molecular complexity index is 437. The molecular weight excluding hydrogens is 208 g/mol. The van der Waals surface area contributed by atoms with Crippen molar-refractivity contribution in [3.8, 4) is 0 Å². The second-order valence-electron chi connectivity index (χ2n) is 3.65. The average molecular weight is 224 g/mol. The van der Waals surface area contributed by atoms with Crippen LogP contribution in [0.1, 0.15) is 16.8 Å². The summed E-state index contributed by atoms with van der Waals surface area (Å²) in [5.74, 6) is -0.234. The van der Waals surface area contributed by atoms with Crippen molar-refractivity contribution in [3.63, 3.8) is 0 Å². The van der Waals surface area contributed by atoms with Crippen LogP contribution in [0.2, 0.25) is 0 Å². The molecule has 0 aliphatic rings. The summed E-state index contributed by atoms with van der Waals surface area (Å²) < 4.78 is 4.67. The first-order valence-electron chi connectivity index (χ1n) is 4.99. The quantitative estimate of drug-likeness (QED) is 0.770. The van der Waals surface area contributed by atoms with Crippen molar-refractivity contribution in [2.45, 2.75) is 20.4 Å². The molecular formula is C11H16N2O3. The van der Waals surface area contributed by atoms with Crippen LogP contribution in [-0.4, -0.2) is 24.6 Å². The van der Waals surface area contributed by atoms with E-state index in [1.165, 1.54) is 7.11 Å². The Balaban J connectivity index is 2.75.